The van der Waals surface area contributed by atoms with Gasteiger partial charge < -0.3 is 25.2 Å². The Balaban J connectivity index is 1.51. The van der Waals surface area contributed by atoms with Gasteiger partial charge >= 0.3 is 0 Å². The van der Waals surface area contributed by atoms with Gasteiger partial charge in [-0.05, 0) is 117 Å². The maximum absolute atomic E-state index is 11.9. The molecule has 1 saturated heterocycles. The predicted molar refractivity (Wildman–Crippen MR) is 137 cm³/mol. The summed E-state index contributed by atoms with van der Waals surface area (Å²) in [5.74, 6) is 0.722. The van der Waals surface area contributed by atoms with E-state index >= 15 is 0 Å². The average Bonchev–Trinajstić information content (AvgIpc) is 3.30. The zero-order valence-electron chi connectivity index (χ0n) is 23.5. The van der Waals surface area contributed by atoms with E-state index in [4.69, 9.17) is 4.74 Å². The summed E-state index contributed by atoms with van der Waals surface area (Å²) in [7, 11) is 0. The van der Waals surface area contributed by atoms with E-state index in [0.29, 0.717) is 5.92 Å². The van der Waals surface area contributed by atoms with E-state index in [1.165, 1.54) is 0 Å². The van der Waals surface area contributed by atoms with Crippen LogP contribution in [-0.4, -0.2) is 56.0 Å². The molecular formula is C30H52O5. The second-order valence-corrected chi connectivity index (χ2v) is 15.6. The molecule has 0 aromatic carbocycles. The van der Waals surface area contributed by atoms with Crippen LogP contribution in [0.1, 0.15) is 107 Å². The van der Waals surface area contributed by atoms with Crippen LogP contribution in [-0.2, 0) is 4.74 Å². The number of aliphatic hydroxyl groups is 4. The Kier molecular flexibility index (Phi) is 5.80. The zero-order valence-corrected chi connectivity index (χ0v) is 23.5. The molecule has 0 spiro atoms. The molecule has 0 aromatic heterocycles. The summed E-state index contributed by atoms with van der Waals surface area (Å²) in [6.45, 7) is 17.3. The smallest absolute Gasteiger partial charge is 0.0865 e. The van der Waals surface area contributed by atoms with Crippen LogP contribution in [0.25, 0.3) is 0 Å². The van der Waals surface area contributed by atoms with Gasteiger partial charge in [0.25, 0.3) is 0 Å². The molecule has 4 unspecified atom stereocenters. The van der Waals surface area contributed by atoms with E-state index in [1.54, 1.807) is 0 Å². The number of rotatable bonds is 2. The molecule has 5 fully saturated rings. The van der Waals surface area contributed by atoms with Gasteiger partial charge in [-0.25, -0.2) is 0 Å². The van der Waals surface area contributed by atoms with Crippen LogP contribution in [0.2, 0.25) is 0 Å². The van der Waals surface area contributed by atoms with Gasteiger partial charge in [0.2, 0.25) is 0 Å². The highest BCUT2D eigenvalue weighted by Gasteiger charge is 2.73. The van der Waals surface area contributed by atoms with Crippen molar-refractivity contribution in [3.63, 3.8) is 0 Å². The molecule has 1 aliphatic heterocycles. The lowest BCUT2D eigenvalue weighted by Gasteiger charge is -2.71. The monoisotopic (exact) mass is 492 g/mol. The summed E-state index contributed by atoms with van der Waals surface area (Å²) in [6.07, 6.45) is 5.61. The SMILES string of the molecule is CC(C)(O)[C@@H]1CC[C@@](C)(C2CC[C@]3(C)C2[C@H](O)CC2[C@@]4(C)CC[C@H](O)C(C)(C)C4[C@@H](O)C[C@]23C)O1. The van der Waals surface area contributed by atoms with Crippen LogP contribution in [0.3, 0.4) is 0 Å². The van der Waals surface area contributed by atoms with Crippen molar-refractivity contribution < 1.29 is 25.2 Å². The van der Waals surface area contributed by atoms with Crippen LogP contribution in [0.4, 0.5) is 0 Å². The molecule has 5 rings (SSSR count). The Morgan fingerprint density at radius 3 is 2.06 bits per heavy atom. The lowest BCUT2D eigenvalue weighted by Crippen LogP contribution is -2.69. The molecule has 5 nitrogen and oxygen atoms in total. The summed E-state index contributed by atoms with van der Waals surface area (Å²) in [4.78, 5) is 0. The Morgan fingerprint density at radius 1 is 0.800 bits per heavy atom. The van der Waals surface area contributed by atoms with Crippen LogP contribution in [0.5, 0.6) is 0 Å². The van der Waals surface area contributed by atoms with Crippen LogP contribution in [0.15, 0.2) is 0 Å². The third kappa shape index (κ3) is 3.36. The zero-order chi connectivity index (χ0) is 26.0. The molecule has 4 N–H and O–H groups in total. The first-order valence-electron chi connectivity index (χ1n) is 14.4. The minimum Gasteiger partial charge on any atom is -0.393 e. The number of ether oxygens (including phenoxy) is 1. The summed E-state index contributed by atoms with van der Waals surface area (Å²) in [5, 5.41) is 45.2. The highest BCUT2D eigenvalue weighted by molar-refractivity contribution is 5.22. The first-order chi connectivity index (χ1) is 15.9. The number of aliphatic hydroxyl groups excluding tert-OH is 3. The van der Waals surface area contributed by atoms with Crippen molar-refractivity contribution in [2.24, 2.45) is 45.3 Å². The van der Waals surface area contributed by atoms with E-state index in [2.05, 4.69) is 41.5 Å². The van der Waals surface area contributed by atoms with Gasteiger partial charge in [-0.1, -0.05) is 34.6 Å². The summed E-state index contributed by atoms with van der Waals surface area (Å²) >= 11 is 0. The lowest BCUT2D eigenvalue weighted by atomic mass is 9.34. The van der Waals surface area contributed by atoms with Crippen LogP contribution < -0.4 is 0 Å². The second-order valence-electron chi connectivity index (χ2n) is 15.6. The average molecular weight is 493 g/mol. The third-order valence-electron chi connectivity index (χ3n) is 13.1. The van der Waals surface area contributed by atoms with E-state index in [-0.39, 0.29) is 51.1 Å². The Hall–Kier alpha value is -0.200. The van der Waals surface area contributed by atoms with Crippen molar-refractivity contribution in [2.75, 3.05) is 0 Å². The molecule has 0 amide bonds. The van der Waals surface area contributed by atoms with Gasteiger partial charge in [-0.15, -0.1) is 0 Å². The second kappa shape index (κ2) is 7.68. The van der Waals surface area contributed by atoms with Crippen LogP contribution >= 0.6 is 0 Å². The largest absolute Gasteiger partial charge is 0.393 e. The normalized spacial score (nSPS) is 57.9. The van der Waals surface area contributed by atoms with E-state index in [0.717, 1.165) is 51.4 Å². The number of hydrogen-bond acceptors (Lipinski definition) is 5. The highest BCUT2D eigenvalue weighted by atomic mass is 16.5. The van der Waals surface area contributed by atoms with Gasteiger partial charge in [0.15, 0.2) is 0 Å². The Bertz CT molecular complexity index is 850. The Morgan fingerprint density at radius 2 is 1.46 bits per heavy atom. The van der Waals surface area contributed by atoms with Crippen molar-refractivity contribution in [3.8, 4) is 0 Å². The van der Waals surface area contributed by atoms with E-state index in [9.17, 15) is 20.4 Å². The quantitative estimate of drug-likeness (QED) is 0.449. The molecule has 12 atom stereocenters. The van der Waals surface area contributed by atoms with Gasteiger partial charge in [0.05, 0.1) is 35.6 Å². The minimum atomic E-state index is -0.864. The van der Waals surface area contributed by atoms with Crippen molar-refractivity contribution in [1.29, 1.82) is 0 Å². The molecule has 4 aliphatic carbocycles. The number of hydrogen-bond donors (Lipinski definition) is 4. The first-order valence-corrected chi connectivity index (χ1v) is 14.4. The topological polar surface area (TPSA) is 90.2 Å². The summed E-state index contributed by atoms with van der Waals surface area (Å²) < 4.78 is 6.64. The minimum absolute atomic E-state index is 0.0320. The molecule has 202 valence electrons. The molecule has 5 aliphatic rings. The fourth-order valence-electron chi connectivity index (χ4n) is 11.3. The molecule has 1 heterocycles. The van der Waals surface area contributed by atoms with Crippen LogP contribution in [0, 0.1) is 45.3 Å². The predicted octanol–water partition coefficient (Wildman–Crippen LogP) is 4.68. The van der Waals surface area contributed by atoms with Gasteiger partial charge in [0.1, 0.15) is 0 Å². The maximum atomic E-state index is 11.9. The Labute approximate surface area is 213 Å². The van der Waals surface area contributed by atoms with E-state index < -0.39 is 23.9 Å². The molecule has 35 heavy (non-hydrogen) atoms. The van der Waals surface area contributed by atoms with Crippen molar-refractivity contribution in [3.05, 3.63) is 0 Å². The molecule has 0 aromatic rings. The van der Waals surface area contributed by atoms with Gasteiger partial charge in [-0.3, -0.25) is 0 Å². The third-order valence-corrected chi connectivity index (χ3v) is 13.1. The van der Waals surface area contributed by atoms with E-state index in [1.807, 2.05) is 13.8 Å². The molecule has 4 saturated carbocycles. The molecule has 0 bridgehead atoms. The van der Waals surface area contributed by atoms with Crippen molar-refractivity contribution >= 4 is 0 Å². The fraction of sp³-hybridized carbons (Fsp3) is 1.00. The number of fused-ring (bicyclic) bond motifs is 5. The summed E-state index contributed by atoms with van der Waals surface area (Å²) in [5.41, 5.74) is -1.83. The standard InChI is InChI=1S/C30H52O5/c1-25(2)21(33)10-12-27(5)20-15-18(31)23-17(30(8)14-11-22(35-30)26(3,4)34)9-13-28(23,6)29(20,7)16-19(32)24(25)27/h17-24,31-34H,9-16H2,1-8H3/t17?,18-,19+,20?,21+,22+,23?,24?,27-,28-,29-,30+/m1/s1. The highest BCUT2D eigenvalue weighted by Crippen LogP contribution is 2.76. The van der Waals surface area contributed by atoms with Gasteiger partial charge in [-0.2, -0.15) is 0 Å². The fourth-order valence-corrected chi connectivity index (χ4v) is 11.3. The van der Waals surface area contributed by atoms with Gasteiger partial charge in [0, 0.05) is 0 Å². The van der Waals surface area contributed by atoms with Crippen molar-refractivity contribution in [2.45, 2.75) is 142 Å². The van der Waals surface area contributed by atoms with Crippen molar-refractivity contribution in [1.82, 2.24) is 0 Å². The summed E-state index contributed by atoms with van der Waals surface area (Å²) in [6, 6.07) is 0. The first kappa shape index (κ1) is 26.4. The molecule has 5 heteroatoms. The lowest BCUT2D eigenvalue weighted by molar-refractivity contribution is -0.275. The molecule has 0 radical (unpaired) electrons. The maximum Gasteiger partial charge on any atom is 0.0865 e. The molecular weight excluding hydrogens is 440 g/mol.